The number of nitrogens with one attached hydrogen (secondary N) is 3. The molecule has 4 aromatic rings. The third kappa shape index (κ3) is 5.91. The fourth-order valence-corrected chi connectivity index (χ4v) is 5.50. The number of nitrogens with zero attached hydrogens (tertiary/aromatic N) is 5. The summed E-state index contributed by atoms with van der Waals surface area (Å²) in [6.07, 6.45) is 9.21. The molecule has 3 N–H and O–H groups in total. The van der Waals surface area contributed by atoms with Gasteiger partial charge in [-0.05, 0) is 49.8 Å². The molecule has 0 bridgehead atoms. The number of hydrogen-bond donors (Lipinski definition) is 3. The molecule has 2 fully saturated rings. The smallest absolute Gasteiger partial charge is 0.273 e. The largest absolute Gasteiger partial charge is 0.494 e. The fourth-order valence-electron chi connectivity index (χ4n) is 5.50. The zero-order valence-corrected chi connectivity index (χ0v) is 24.3. The summed E-state index contributed by atoms with van der Waals surface area (Å²) in [5.41, 5.74) is 3.77. The van der Waals surface area contributed by atoms with E-state index in [4.69, 9.17) is 9.47 Å². The lowest BCUT2D eigenvalue weighted by Gasteiger charge is -2.39. The lowest BCUT2D eigenvalue weighted by Crippen LogP contribution is -2.32. The van der Waals surface area contributed by atoms with E-state index in [9.17, 15) is 9.59 Å². The average Bonchev–Trinajstić information content (AvgIpc) is 3.76. The molecule has 2 amide bonds. The average molecular weight is 583 g/mol. The van der Waals surface area contributed by atoms with Crippen LogP contribution in [0, 0.1) is 11.8 Å². The van der Waals surface area contributed by atoms with E-state index in [0.717, 1.165) is 42.5 Å². The van der Waals surface area contributed by atoms with Crippen LogP contribution in [0.25, 0.3) is 11.1 Å². The Bertz CT molecular complexity index is 1620. The maximum atomic E-state index is 12.6. The van der Waals surface area contributed by atoms with Crippen molar-refractivity contribution in [2.24, 2.45) is 11.8 Å². The van der Waals surface area contributed by atoms with Gasteiger partial charge in [0.25, 0.3) is 5.91 Å². The quantitative estimate of drug-likeness (QED) is 0.232. The Kier molecular flexibility index (Phi) is 8.01. The molecule has 0 spiro atoms. The molecular formula is C31H34N8O4. The van der Waals surface area contributed by atoms with Crippen LogP contribution in [0.5, 0.6) is 5.75 Å². The highest BCUT2D eigenvalue weighted by Crippen LogP contribution is 2.46. The van der Waals surface area contributed by atoms with Crippen molar-refractivity contribution in [3.63, 3.8) is 0 Å². The minimum atomic E-state index is -0.413. The number of hydrogen-bond acceptors (Lipinski definition) is 9. The van der Waals surface area contributed by atoms with E-state index in [2.05, 4.69) is 36.2 Å². The van der Waals surface area contributed by atoms with E-state index in [1.165, 1.54) is 7.05 Å². The van der Waals surface area contributed by atoms with Gasteiger partial charge >= 0.3 is 0 Å². The van der Waals surface area contributed by atoms with Crippen LogP contribution in [0.15, 0.2) is 61.1 Å². The van der Waals surface area contributed by atoms with Gasteiger partial charge in [0.05, 0.1) is 36.4 Å². The van der Waals surface area contributed by atoms with E-state index in [-0.39, 0.29) is 35.5 Å². The predicted molar refractivity (Wildman–Crippen MR) is 160 cm³/mol. The molecule has 2 aliphatic carbocycles. The lowest BCUT2D eigenvalue weighted by molar-refractivity contribution is -0.117. The summed E-state index contributed by atoms with van der Waals surface area (Å²) in [5.74, 6) is 0.692. The Balaban J connectivity index is 1.22. The third-order valence-electron chi connectivity index (χ3n) is 8.02. The number of rotatable bonds is 11. The number of para-hydroxylation sites is 1. The molecule has 222 valence electrons. The molecule has 0 unspecified atom stereocenters. The van der Waals surface area contributed by atoms with Gasteiger partial charge in [0, 0.05) is 49.7 Å². The Morgan fingerprint density at radius 1 is 1.05 bits per heavy atom. The van der Waals surface area contributed by atoms with Crippen molar-refractivity contribution in [3.05, 3.63) is 72.4 Å². The molecule has 12 heteroatoms. The van der Waals surface area contributed by atoms with E-state index >= 15 is 0 Å². The summed E-state index contributed by atoms with van der Waals surface area (Å²) < 4.78 is 13.7. The molecule has 2 aliphatic rings. The van der Waals surface area contributed by atoms with Crippen molar-refractivity contribution in [1.82, 2.24) is 30.3 Å². The molecule has 43 heavy (non-hydrogen) atoms. The number of amides is 2. The monoisotopic (exact) mass is 582 g/mol. The predicted octanol–water partition coefficient (Wildman–Crippen LogP) is 4.53. The molecule has 3 heterocycles. The molecule has 0 aliphatic heterocycles. The van der Waals surface area contributed by atoms with Crippen LogP contribution in [-0.4, -0.2) is 58.0 Å². The van der Waals surface area contributed by atoms with Gasteiger partial charge < -0.3 is 25.4 Å². The van der Waals surface area contributed by atoms with Crippen LogP contribution >= 0.6 is 0 Å². The molecule has 1 atom stereocenters. The van der Waals surface area contributed by atoms with Crippen LogP contribution in [0.1, 0.15) is 54.0 Å². The summed E-state index contributed by atoms with van der Waals surface area (Å²) in [6.45, 7) is 0. The minimum absolute atomic E-state index is 0.00242. The normalized spacial score (nSPS) is 18.3. The Morgan fingerprint density at radius 2 is 1.88 bits per heavy atom. The number of pyridine rings is 1. The molecule has 12 nitrogen and oxygen atoms in total. The molecule has 3 aromatic heterocycles. The zero-order valence-electron chi connectivity index (χ0n) is 24.3. The summed E-state index contributed by atoms with van der Waals surface area (Å²) in [5, 5.41) is 21.5. The molecule has 6 rings (SSSR count). The van der Waals surface area contributed by atoms with Gasteiger partial charge in [-0.25, -0.2) is 0 Å². The van der Waals surface area contributed by atoms with Gasteiger partial charge in [0.2, 0.25) is 5.91 Å². The second-order valence-electron chi connectivity index (χ2n) is 10.9. The number of carbonyl (C=O) groups excluding carboxylic acids is 2. The van der Waals surface area contributed by atoms with Crippen LogP contribution in [-0.2, 0) is 9.53 Å². The maximum absolute atomic E-state index is 12.6. The van der Waals surface area contributed by atoms with Crippen LogP contribution < -0.4 is 20.7 Å². The second-order valence-corrected chi connectivity index (χ2v) is 10.9. The summed E-state index contributed by atoms with van der Waals surface area (Å²) in [6, 6.07) is 13.5. The first-order valence-corrected chi connectivity index (χ1v) is 14.3. The van der Waals surface area contributed by atoms with E-state index < -0.39 is 5.91 Å². The second kappa shape index (κ2) is 12.2. The molecule has 0 saturated heterocycles. The Morgan fingerprint density at radius 3 is 2.58 bits per heavy atom. The van der Waals surface area contributed by atoms with E-state index in [0.29, 0.717) is 23.0 Å². The van der Waals surface area contributed by atoms with Crippen LogP contribution in [0.4, 0.5) is 17.2 Å². The molecule has 0 radical (unpaired) electrons. The summed E-state index contributed by atoms with van der Waals surface area (Å²) in [7, 11) is 4.85. The van der Waals surface area contributed by atoms with Crippen LogP contribution in [0.2, 0.25) is 0 Å². The summed E-state index contributed by atoms with van der Waals surface area (Å²) >= 11 is 0. The minimum Gasteiger partial charge on any atom is -0.494 e. The lowest BCUT2D eigenvalue weighted by atomic mass is 9.75. The molecular weight excluding hydrogens is 548 g/mol. The van der Waals surface area contributed by atoms with Gasteiger partial charge in [-0.15, -0.1) is 10.2 Å². The fraction of sp³-hybridized carbons (Fsp3) is 0.355. The first kappa shape index (κ1) is 28.3. The highest BCUT2D eigenvalue weighted by atomic mass is 16.5. The number of methoxy groups -OCH3 is 2. The molecule has 2 saturated carbocycles. The van der Waals surface area contributed by atoms with E-state index in [1.807, 2.05) is 53.5 Å². The number of benzene rings is 1. The topological polar surface area (TPSA) is 145 Å². The highest BCUT2D eigenvalue weighted by molar-refractivity contribution is 6.00. The molecule has 1 aromatic carbocycles. The number of ether oxygens (including phenoxy) is 2. The number of anilines is 3. The van der Waals surface area contributed by atoms with Gasteiger partial charge in [0.15, 0.2) is 11.5 Å². The van der Waals surface area contributed by atoms with Crippen molar-refractivity contribution >= 4 is 29.0 Å². The zero-order chi connectivity index (χ0) is 29.9. The number of carbonyl (C=O) groups is 2. The van der Waals surface area contributed by atoms with Gasteiger partial charge in [-0.2, -0.15) is 5.10 Å². The van der Waals surface area contributed by atoms with Crippen molar-refractivity contribution in [3.8, 4) is 16.9 Å². The Hall–Kier alpha value is -4.84. The summed E-state index contributed by atoms with van der Waals surface area (Å²) in [4.78, 5) is 29.4. The standard InChI is InChI=1S/C31H34N8O4/c1-32-31(41)27-25(15-26(37-38-27)36-30(40)18-10-11-18)35-24-9-6-7-22(29(24)43-3)20-16-34-39(17-20)21-13-19(14-21)28(42-2)23-8-4-5-12-33-23/h4-9,12,15-19,21,28H,10-11,13-14H2,1-3H3,(H,32,41)(H2,35,36,37,40)/t19?,21?,28-/m1/s1. The number of aromatic nitrogens is 5. The maximum Gasteiger partial charge on any atom is 0.273 e. The van der Waals surface area contributed by atoms with Crippen molar-refractivity contribution in [1.29, 1.82) is 0 Å². The van der Waals surface area contributed by atoms with E-state index in [1.54, 1.807) is 26.5 Å². The Labute approximate surface area is 249 Å². The SMILES string of the molecule is CNC(=O)c1nnc(NC(=O)C2CC2)cc1Nc1cccc(-c2cnn(C3CC([C@@H](OC)c4ccccn4)C3)c2)c1OC. The first-order chi connectivity index (χ1) is 21.0. The first-order valence-electron chi connectivity index (χ1n) is 14.3. The van der Waals surface area contributed by atoms with Gasteiger partial charge in [0.1, 0.15) is 11.9 Å². The van der Waals surface area contributed by atoms with Crippen molar-refractivity contribution in [2.75, 3.05) is 31.9 Å². The van der Waals surface area contributed by atoms with Crippen LogP contribution in [0.3, 0.4) is 0 Å². The van der Waals surface area contributed by atoms with Crippen molar-refractivity contribution in [2.45, 2.75) is 37.8 Å². The highest BCUT2D eigenvalue weighted by Gasteiger charge is 2.38. The van der Waals surface area contributed by atoms with Gasteiger partial charge in [-0.3, -0.25) is 19.3 Å². The van der Waals surface area contributed by atoms with Gasteiger partial charge in [-0.1, -0.05) is 18.2 Å². The third-order valence-corrected chi connectivity index (χ3v) is 8.02. The van der Waals surface area contributed by atoms with Crippen molar-refractivity contribution < 1.29 is 19.1 Å².